The van der Waals surface area contributed by atoms with Crippen molar-refractivity contribution in [3.05, 3.63) is 64.7 Å². The van der Waals surface area contributed by atoms with Gasteiger partial charge in [0.2, 0.25) is 5.91 Å². The highest BCUT2D eigenvalue weighted by atomic mass is 35.5. The first kappa shape index (κ1) is 15.7. The first-order chi connectivity index (χ1) is 11.7. The van der Waals surface area contributed by atoms with Gasteiger partial charge in [0, 0.05) is 23.3 Å². The van der Waals surface area contributed by atoms with Gasteiger partial charge in [-0.3, -0.25) is 9.69 Å². The molecule has 1 fully saturated rings. The van der Waals surface area contributed by atoms with E-state index in [1.807, 2.05) is 29.2 Å². The number of carbonyl (C=O) groups is 1. The van der Waals surface area contributed by atoms with E-state index in [0.29, 0.717) is 12.6 Å². The van der Waals surface area contributed by atoms with E-state index in [4.69, 9.17) is 11.6 Å². The van der Waals surface area contributed by atoms with E-state index in [9.17, 15) is 4.79 Å². The maximum atomic E-state index is 12.9. The number of para-hydroxylation sites is 1. The summed E-state index contributed by atoms with van der Waals surface area (Å²) in [6.07, 6.45) is 3.20. The normalized spacial score (nSPS) is 20.4. The highest BCUT2D eigenvalue weighted by molar-refractivity contribution is 6.30. The zero-order valence-electron chi connectivity index (χ0n) is 13.6. The number of likely N-dealkylation sites (tertiary alicyclic amines) is 1. The Morgan fingerprint density at radius 2 is 1.88 bits per heavy atom. The molecular formula is C20H21ClN2O. The van der Waals surface area contributed by atoms with E-state index in [-0.39, 0.29) is 5.91 Å². The van der Waals surface area contributed by atoms with Crippen molar-refractivity contribution in [2.75, 3.05) is 24.5 Å². The van der Waals surface area contributed by atoms with Crippen molar-refractivity contribution in [1.82, 2.24) is 4.90 Å². The summed E-state index contributed by atoms with van der Waals surface area (Å²) in [4.78, 5) is 17.1. The Hall–Kier alpha value is -1.84. The third-order valence-corrected chi connectivity index (χ3v) is 5.40. The van der Waals surface area contributed by atoms with Gasteiger partial charge in [0.05, 0.1) is 6.54 Å². The summed E-state index contributed by atoms with van der Waals surface area (Å²) in [5, 5.41) is 0.757. The molecule has 2 heterocycles. The lowest BCUT2D eigenvalue weighted by molar-refractivity contribution is -0.119. The van der Waals surface area contributed by atoms with E-state index in [0.717, 1.165) is 43.1 Å². The number of carbonyl (C=O) groups excluding carboxylic acids is 1. The summed E-state index contributed by atoms with van der Waals surface area (Å²) in [5.41, 5.74) is 3.62. The molecule has 4 rings (SSSR count). The predicted octanol–water partition coefficient (Wildman–Crippen LogP) is 4.07. The molecule has 1 unspecified atom stereocenters. The van der Waals surface area contributed by atoms with Crippen LogP contribution in [0.2, 0.25) is 5.02 Å². The van der Waals surface area contributed by atoms with E-state index < -0.39 is 0 Å². The van der Waals surface area contributed by atoms with Gasteiger partial charge in [0.1, 0.15) is 0 Å². The quantitative estimate of drug-likeness (QED) is 0.841. The second-order valence-electron chi connectivity index (χ2n) is 6.60. The van der Waals surface area contributed by atoms with Gasteiger partial charge in [-0.25, -0.2) is 0 Å². The highest BCUT2D eigenvalue weighted by Crippen LogP contribution is 2.33. The Morgan fingerprint density at radius 3 is 2.71 bits per heavy atom. The van der Waals surface area contributed by atoms with Gasteiger partial charge in [-0.15, -0.1) is 0 Å². The minimum atomic E-state index is 0.209. The van der Waals surface area contributed by atoms with Crippen LogP contribution in [0.3, 0.4) is 0 Å². The van der Waals surface area contributed by atoms with E-state index in [1.54, 1.807) is 0 Å². The van der Waals surface area contributed by atoms with Gasteiger partial charge in [-0.1, -0.05) is 41.9 Å². The Balaban J connectivity index is 1.48. The Morgan fingerprint density at radius 1 is 1.08 bits per heavy atom. The number of amides is 1. The summed E-state index contributed by atoms with van der Waals surface area (Å²) in [7, 11) is 0. The minimum Gasteiger partial charge on any atom is -0.311 e. The third-order valence-electron chi connectivity index (χ3n) is 5.15. The molecule has 2 aliphatic rings. The van der Waals surface area contributed by atoms with E-state index >= 15 is 0 Å². The summed E-state index contributed by atoms with van der Waals surface area (Å²) >= 11 is 6.00. The van der Waals surface area contributed by atoms with Gasteiger partial charge >= 0.3 is 0 Å². The van der Waals surface area contributed by atoms with Crippen LogP contribution in [0.1, 0.15) is 30.0 Å². The standard InChI is InChI=1S/C20H21ClN2O/c21-17-9-7-16(8-10-17)18-6-3-12-22(18)14-20(24)23-13-11-15-4-1-2-5-19(15)23/h1-2,4-5,7-10,18H,3,6,11-14H2. The zero-order chi connectivity index (χ0) is 16.5. The second kappa shape index (κ2) is 6.58. The van der Waals surface area contributed by atoms with E-state index in [2.05, 4.69) is 29.2 Å². The fourth-order valence-corrected chi connectivity index (χ4v) is 4.06. The van der Waals surface area contributed by atoms with Gasteiger partial charge in [0.15, 0.2) is 0 Å². The molecule has 24 heavy (non-hydrogen) atoms. The summed E-state index contributed by atoms with van der Waals surface area (Å²) in [6.45, 7) is 2.27. The van der Waals surface area contributed by atoms with Gasteiger partial charge in [0.25, 0.3) is 0 Å². The topological polar surface area (TPSA) is 23.6 Å². The van der Waals surface area contributed by atoms with Crippen LogP contribution in [0.5, 0.6) is 0 Å². The lowest BCUT2D eigenvalue weighted by Gasteiger charge is -2.27. The number of halogens is 1. The minimum absolute atomic E-state index is 0.209. The molecule has 0 aliphatic carbocycles. The molecule has 2 aromatic rings. The number of rotatable bonds is 3. The number of anilines is 1. The van der Waals surface area contributed by atoms with Gasteiger partial charge in [-0.2, -0.15) is 0 Å². The summed E-state index contributed by atoms with van der Waals surface area (Å²) < 4.78 is 0. The molecule has 0 aromatic heterocycles. The van der Waals surface area contributed by atoms with Crippen LogP contribution >= 0.6 is 11.6 Å². The number of fused-ring (bicyclic) bond motifs is 1. The van der Waals surface area contributed by atoms with Crippen molar-refractivity contribution >= 4 is 23.2 Å². The monoisotopic (exact) mass is 340 g/mol. The Labute approximate surface area is 147 Å². The van der Waals surface area contributed by atoms with Crippen LogP contribution in [-0.4, -0.2) is 30.4 Å². The summed E-state index contributed by atoms with van der Waals surface area (Å²) in [6, 6.07) is 16.6. The molecule has 0 saturated carbocycles. The molecular weight excluding hydrogens is 320 g/mol. The number of nitrogens with zero attached hydrogens (tertiary/aromatic N) is 2. The van der Waals surface area contributed by atoms with Crippen LogP contribution in [-0.2, 0) is 11.2 Å². The van der Waals surface area contributed by atoms with Crippen LogP contribution < -0.4 is 4.90 Å². The molecule has 0 bridgehead atoms. The maximum Gasteiger partial charge on any atom is 0.241 e. The molecule has 2 aromatic carbocycles. The van der Waals surface area contributed by atoms with Crippen LogP contribution in [0, 0.1) is 0 Å². The lowest BCUT2D eigenvalue weighted by atomic mass is 10.0. The van der Waals surface area contributed by atoms with Gasteiger partial charge in [-0.05, 0) is 55.1 Å². The van der Waals surface area contributed by atoms with Crippen molar-refractivity contribution in [2.45, 2.75) is 25.3 Å². The van der Waals surface area contributed by atoms with Crippen molar-refractivity contribution in [2.24, 2.45) is 0 Å². The lowest BCUT2D eigenvalue weighted by Crippen LogP contribution is -2.39. The van der Waals surface area contributed by atoms with Crippen molar-refractivity contribution in [3.63, 3.8) is 0 Å². The van der Waals surface area contributed by atoms with Gasteiger partial charge < -0.3 is 4.90 Å². The van der Waals surface area contributed by atoms with Crippen molar-refractivity contribution < 1.29 is 4.79 Å². The molecule has 0 N–H and O–H groups in total. The first-order valence-electron chi connectivity index (χ1n) is 8.60. The largest absolute Gasteiger partial charge is 0.311 e. The van der Waals surface area contributed by atoms with Crippen LogP contribution in [0.4, 0.5) is 5.69 Å². The summed E-state index contributed by atoms with van der Waals surface area (Å²) in [5.74, 6) is 0.209. The smallest absolute Gasteiger partial charge is 0.241 e. The molecule has 0 spiro atoms. The molecule has 1 saturated heterocycles. The average Bonchev–Trinajstić information content (AvgIpc) is 3.22. The average molecular weight is 341 g/mol. The molecule has 124 valence electrons. The van der Waals surface area contributed by atoms with Crippen molar-refractivity contribution in [3.8, 4) is 0 Å². The molecule has 0 radical (unpaired) electrons. The molecule has 3 nitrogen and oxygen atoms in total. The first-order valence-corrected chi connectivity index (χ1v) is 8.98. The van der Waals surface area contributed by atoms with E-state index in [1.165, 1.54) is 11.1 Å². The fraction of sp³-hybridized carbons (Fsp3) is 0.350. The number of hydrogen-bond acceptors (Lipinski definition) is 2. The van der Waals surface area contributed by atoms with Crippen LogP contribution in [0.15, 0.2) is 48.5 Å². The SMILES string of the molecule is O=C(CN1CCCC1c1ccc(Cl)cc1)N1CCc2ccccc21. The third kappa shape index (κ3) is 2.94. The molecule has 4 heteroatoms. The number of hydrogen-bond donors (Lipinski definition) is 0. The predicted molar refractivity (Wildman–Crippen MR) is 97.5 cm³/mol. The highest BCUT2D eigenvalue weighted by Gasteiger charge is 2.31. The fourth-order valence-electron chi connectivity index (χ4n) is 3.93. The Kier molecular flexibility index (Phi) is 4.30. The zero-order valence-corrected chi connectivity index (χ0v) is 14.4. The molecule has 1 amide bonds. The van der Waals surface area contributed by atoms with Crippen molar-refractivity contribution in [1.29, 1.82) is 0 Å². The molecule has 1 atom stereocenters. The Bertz CT molecular complexity index is 744. The number of benzene rings is 2. The molecule has 2 aliphatic heterocycles. The second-order valence-corrected chi connectivity index (χ2v) is 7.04. The maximum absolute atomic E-state index is 12.9. The van der Waals surface area contributed by atoms with Crippen LogP contribution in [0.25, 0.3) is 0 Å².